The Morgan fingerprint density at radius 1 is 1.32 bits per heavy atom. The van der Waals surface area contributed by atoms with Crippen LogP contribution < -0.4 is 5.32 Å². The van der Waals surface area contributed by atoms with Crippen LogP contribution >= 0.6 is 0 Å². The summed E-state index contributed by atoms with van der Waals surface area (Å²) in [5, 5.41) is 7.89. The Morgan fingerprint density at radius 3 is 3.04 bits per heavy atom. The summed E-state index contributed by atoms with van der Waals surface area (Å²) in [6, 6.07) is 3.86. The monoisotopic (exact) mass is 337 g/mol. The average molecular weight is 337 g/mol. The van der Waals surface area contributed by atoms with E-state index in [-0.39, 0.29) is 11.9 Å². The Balaban J connectivity index is 1.52. The molecule has 1 fully saturated rings. The van der Waals surface area contributed by atoms with Crippen molar-refractivity contribution < 1.29 is 13.7 Å². The van der Waals surface area contributed by atoms with Crippen LogP contribution in [0.5, 0.6) is 0 Å². The first kappa shape index (κ1) is 14.7. The van der Waals surface area contributed by atoms with Crippen molar-refractivity contribution >= 4 is 17.0 Å². The molecule has 2 aliphatic rings. The first-order chi connectivity index (χ1) is 12.2. The van der Waals surface area contributed by atoms with Crippen LogP contribution in [0.1, 0.15) is 70.7 Å². The van der Waals surface area contributed by atoms with Gasteiger partial charge < -0.3 is 14.3 Å². The number of amides is 1. The van der Waals surface area contributed by atoms with Gasteiger partial charge in [-0.2, -0.15) is 0 Å². The number of rotatable bonds is 3. The van der Waals surface area contributed by atoms with Gasteiger partial charge in [0.2, 0.25) is 0 Å². The summed E-state index contributed by atoms with van der Waals surface area (Å²) < 4.78 is 10.9. The van der Waals surface area contributed by atoms with Gasteiger partial charge in [0.05, 0.1) is 28.9 Å². The van der Waals surface area contributed by atoms with Crippen LogP contribution in [0.15, 0.2) is 27.3 Å². The van der Waals surface area contributed by atoms with E-state index in [0.717, 1.165) is 49.1 Å². The molecule has 0 spiro atoms. The van der Waals surface area contributed by atoms with E-state index in [1.807, 2.05) is 19.1 Å². The lowest BCUT2D eigenvalue weighted by atomic mass is 9.93. The fraction of sp³-hybridized carbons (Fsp3) is 0.421. The molecular weight excluding hydrogens is 318 g/mol. The minimum atomic E-state index is -0.0975. The molecular formula is C19H19N3O3. The van der Waals surface area contributed by atoms with Crippen LogP contribution in [0.4, 0.5) is 0 Å². The van der Waals surface area contributed by atoms with Gasteiger partial charge in [-0.25, -0.2) is 4.98 Å². The van der Waals surface area contributed by atoms with Gasteiger partial charge in [-0.1, -0.05) is 5.16 Å². The molecule has 0 bridgehead atoms. The zero-order chi connectivity index (χ0) is 17.0. The minimum absolute atomic E-state index is 0.0113. The van der Waals surface area contributed by atoms with Crippen molar-refractivity contribution in [2.45, 2.75) is 51.0 Å². The second kappa shape index (κ2) is 5.44. The predicted octanol–water partition coefficient (Wildman–Crippen LogP) is 3.81. The minimum Gasteiger partial charge on any atom is -0.469 e. The highest BCUT2D eigenvalue weighted by Crippen LogP contribution is 2.40. The van der Waals surface area contributed by atoms with Gasteiger partial charge in [-0.15, -0.1) is 0 Å². The van der Waals surface area contributed by atoms with Crippen LogP contribution in [0.25, 0.3) is 11.1 Å². The molecule has 128 valence electrons. The molecule has 1 amide bonds. The molecule has 3 heterocycles. The number of pyridine rings is 1. The molecule has 0 aliphatic heterocycles. The van der Waals surface area contributed by atoms with Crippen LogP contribution in [-0.4, -0.2) is 16.0 Å². The summed E-state index contributed by atoms with van der Waals surface area (Å²) in [6.45, 7) is 1.84. The zero-order valence-electron chi connectivity index (χ0n) is 14.0. The molecule has 3 aromatic rings. The summed E-state index contributed by atoms with van der Waals surface area (Å²) >= 11 is 0. The summed E-state index contributed by atoms with van der Waals surface area (Å²) in [6.07, 6.45) is 6.81. The van der Waals surface area contributed by atoms with Gasteiger partial charge in [0.1, 0.15) is 5.76 Å². The van der Waals surface area contributed by atoms with Crippen molar-refractivity contribution in [2.24, 2.45) is 0 Å². The van der Waals surface area contributed by atoms with E-state index in [4.69, 9.17) is 8.94 Å². The number of carbonyl (C=O) groups is 1. The molecule has 0 saturated heterocycles. The second-order valence-corrected chi connectivity index (χ2v) is 7.03. The maximum atomic E-state index is 13.1. The molecule has 0 radical (unpaired) electrons. The molecule has 1 N–H and O–H groups in total. The quantitative estimate of drug-likeness (QED) is 0.786. The van der Waals surface area contributed by atoms with Crippen molar-refractivity contribution in [3.8, 4) is 0 Å². The number of furan rings is 1. The van der Waals surface area contributed by atoms with E-state index in [1.54, 1.807) is 6.26 Å². The standard InChI is InChI=1S/C19H19N3O3/c1-10-17-13(9-15(11-5-6-11)21-19(17)25-22-10)18(23)20-14-3-2-4-16-12(14)7-8-24-16/h7-9,11,14H,2-6H2,1H3,(H,20,23). The third-order valence-electron chi connectivity index (χ3n) is 5.23. The molecule has 6 heteroatoms. The number of carbonyl (C=O) groups excluding carboxylic acids is 1. The van der Waals surface area contributed by atoms with Crippen molar-refractivity contribution in [1.82, 2.24) is 15.5 Å². The Morgan fingerprint density at radius 2 is 2.20 bits per heavy atom. The van der Waals surface area contributed by atoms with Gasteiger partial charge in [0.25, 0.3) is 11.6 Å². The third kappa shape index (κ3) is 2.44. The Hall–Kier alpha value is -2.63. The van der Waals surface area contributed by atoms with Gasteiger partial charge in [-0.3, -0.25) is 4.79 Å². The van der Waals surface area contributed by atoms with E-state index in [1.165, 1.54) is 0 Å². The number of aryl methyl sites for hydroxylation is 2. The first-order valence-corrected chi connectivity index (χ1v) is 8.85. The van der Waals surface area contributed by atoms with E-state index in [9.17, 15) is 4.79 Å². The summed E-state index contributed by atoms with van der Waals surface area (Å²) in [7, 11) is 0. The molecule has 1 atom stereocenters. The average Bonchev–Trinajstić information content (AvgIpc) is 3.24. The molecule has 5 rings (SSSR count). The molecule has 3 aromatic heterocycles. The lowest BCUT2D eigenvalue weighted by molar-refractivity contribution is 0.0933. The van der Waals surface area contributed by atoms with Crippen molar-refractivity contribution in [1.29, 1.82) is 0 Å². The maximum Gasteiger partial charge on any atom is 0.259 e. The highest BCUT2D eigenvalue weighted by Gasteiger charge is 2.30. The largest absolute Gasteiger partial charge is 0.469 e. The summed E-state index contributed by atoms with van der Waals surface area (Å²) in [5.74, 6) is 1.33. The predicted molar refractivity (Wildman–Crippen MR) is 90.4 cm³/mol. The molecule has 1 saturated carbocycles. The highest BCUT2D eigenvalue weighted by atomic mass is 16.5. The van der Waals surface area contributed by atoms with Crippen molar-refractivity contribution in [3.05, 3.63) is 46.7 Å². The fourth-order valence-corrected chi connectivity index (χ4v) is 3.75. The number of nitrogens with one attached hydrogen (secondary N) is 1. The Labute approximate surface area is 144 Å². The summed E-state index contributed by atoms with van der Waals surface area (Å²) in [5.41, 5.74) is 3.79. The normalized spacial score (nSPS) is 19.8. The number of hydrogen-bond acceptors (Lipinski definition) is 5. The number of fused-ring (bicyclic) bond motifs is 2. The van der Waals surface area contributed by atoms with Crippen LogP contribution in [0.3, 0.4) is 0 Å². The van der Waals surface area contributed by atoms with Crippen LogP contribution in [-0.2, 0) is 6.42 Å². The zero-order valence-corrected chi connectivity index (χ0v) is 14.0. The van der Waals surface area contributed by atoms with E-state index in [0.29, 0.717) is 28.3 Å². The lowest BCUT2D eigenvalue weighted by Gasteiger charge is -2.23. The fourth-order valence-electron chi connectivity index (χ4n) is 3.75. The van der Waals surface area contributed by atoms with Gasteiger partial charge in [0, 0.05) is 23.6 Å². The SMILES string of the molecule is Cc1noc2nc(C3CC3)cc(C(=O)NC3CCCc4occc43)c12. The number of hydrogen-bond donors (Lipinski definition) is 1. The first-order valence-electron chi connectivity index (χ1n) is 8.85. The lowest BCUT2D eigenvalue weighted by Crippen LogP contribution is -2.30. The van der Waals surface area contributed by atoms with E-state index >= 15 is 0 Å². The Kier molecular flexibility index (Phi) is 3.20. The van der Waals surface area contributed by atoms with Crippen LogP contribution in [0.2, 0.25) is 0 Å². The smallest absolute Gasteiger partial charge is 0.259 e. The summed E-state index contributed by atoms with van der Waals surface area (Å²) in [4.78, 5) is 17.6. The molecule has 6 nitrogen and oxygen atoms in total. The van der Waals surface area contributed by atoms with Crippen LogP contribution in [0, 0.1) is 6.92 Å². The van der Waals surface area contributed by atoms with E-state index in [2.05, 4.69) is 15.5 Å². The topological polar surface area (TPSA) is 81.2 Å². The van der Waals surface area contributed by atoms with Gasteiger partial charge >= 0.3 is 0 Å². The second-order valence-electron chi connectivity index (χ2n) is 7.03. The van der Waals surface area contributed by atoms with Gasteiger partial charge in [0.15, 0.2) is 0 Å². The molecule has 1 unspecified atom stereocenters. The van der Waals surface area contributed by atoms with Gasteiger partial charge in [-0.05, 0) is 44.7 Å². The van der Waals surface area contributed by atoms with Crippen molar-refractivity contribution in [2.75, 3.05) is 0 Å². The molecule has 2 aliphatic carbocycles. The third-order valence-corrected chi connectivity index (χ3v) is 5.23. The number of nitrogens with zero attached hydrogens (tertiary/aromatic N) is 2. The molecule has 0 aromatic carbocycles. The highest BCUT2D eigenvalue weighted by molar-refractivity contribution is 6.06. The Bertz CT molecular complexity index is 968. The van der Waals surface area contributed by atoms with E-state index < -0.39 is 0 Å². The molecule has 25 heavy (non-hydrogen) atoms. The maximum absolute atomic E-state index is 13.1. The van der Waals surface area contributed by atoms with Crippen molar-refractivity contribution in [3.63, 3.8) is 0 Å². The number of aromatic nitrogens is 2.